The number of imidazole rings is 2. The van der Waals surface area contributed by atoms with Crippen LogP contribution < -0.4 is 14.2 Å². The minimum atomic E-state index is 0.871. The van der Waals surface area contributed by atoms with Crippen molar-refractivity contribution in [3.8, 4) is 17.0 Å². The summed E-state index contributed by atoms with van der Waals surface area (Å²) in [6, 6.07) is 16.8. The lowest BCUT2D eigenvalue weighted by molar-refractivity contribution is -0.923. The highest BCUT2D eigenvalue weighted by Crippen LogP contribution is 2.24. The number of rotatable bonds is 5. The second kappa shape index (κ2) is 7.30. The molecule has 1 fully saturated rings. The predicted octanol–water partition coefficient (Wildman–Crippen LogP) is 1.30. The van der Waals surface area contributed by atoms with E-state index in [-0.39, 0.29) is 0 Å². The lowest BCUT2D eigenvalue weighted by Gasteiger charge is -2.23. The van der Waals surface area contributed by atoms with E-state index in [4.69, 9.17) is 9.47 Å². The Morgan fingerprint density at radius 2 is 1.89 bits per heavy atom. The van der Waals surface area contributed by atoms with Crippen molar-refractivity contribution in [2.45, 2.75) is 6.54 Å². The van der Waals surface area contributed by atoms with Gasteiger partial charge in [0.15, 0.2) is 0 Å². The van der Waals surface area contributed by atoms with Gasteiger partial charge in [0.05, 0.1) is 20.3 Å². The number of hydrogen-bond acceptors (Lipinski definition) is 2. The van der Waals surface area contributed by atoms with Crippen molar-refractivity contribution in [2.75, 3.05) is 40.0 Å². The van der Waals surface area contributed by atoms with Crippen LogP contribution in [0.2, 0.25) is 0 Å². The van der Waals surface area contributed by atoms with E-state index in [1.165, 1.54) is 11.0 Å². The zero-order valence-corrected chi connectivity index (χ0v) is 16.1. The van der Waals surface area contributed by atoms with Crippen LogP contribution in [0.3, 0.4) is 0 Å². The number of fused-ring (bicyclic) bond motifs is 3. The van der Waals surface area contributed by atoms with E-state index < -0.39 is 0 Å². The number of quaternary nitrogens is 1. The Balaban J connectivity index is 1.53. The molecule has 0 atom stereocenters. The minimum absolute atomic E-state index is 0.871. The fourth-order valence-electron chi connectivity index (χ4n) is 4.12. The molecule has 0 aliphatic carbocycles. The number of H-pyrrole nitrogens is 1. The molecule has 6 nitrogen and oxygen atoms in total. The maximum Gasteiger partial charge on any atom is 0.368 e. The predicted molar refractivity (Wildman–Crippen MR) is 108 cm³/mol. The molecule has 28 heavy (non-hydrogen) atoms. The second-order valence-corrected chi connectivity index (χ2v) is 7.34. The fourth-order valence-corrected chi connectivity index (χ4v) is 4.12. The molecular weight excluding hydrogens is 352 g/mol. The topological polar surface area (TPSA) is 47.0 Å². The van der Waals surface area contributed by atoms with Gasteiger partial charge in [0.25, 0.3) is 0 Å². The zero-order valence-electron chi connectivity index (χ0n) is 16.1. The summed E-state index contributed by atoms with van der Waals surface area (Å²) in [6.07, 6.45) is 2.19. The van der Waals surface area contributed by atoms with Crippen molar-refractivity contribution in [1.29, 1.82) is 0 Å². The van der Waals surface area contributed by atoms with Crippen LogP contribution in [0.5, 0.6) is 5.75 Å². The highest BCUT2D eigenvalue weighted by molar-refractivity contribution is 5.76. The van der Waals surface area contributed by atoms with Gasteiger partial charge in [0.1, 0.15) is 54.9 Å². The normalized spacial score (nSPS) is 15.5. The average Bonchev–Trinajstić information content (AvgIpc) is 3.31. The number of ether oxygens (including phenoxy) is 2. The fraction of sp³-hybridized carbons (Fsp3) is 0.318. The number of morpholine rings is 1. The molecule has 5 rings (SSSR count). The molecule has 6 heteroatoms. The standard InChI is InChI=1S/C22H24N4O2/c1-27-18-8-6-17(7-9-18)19-16-26-21-5-3-2-4-20(21)25(22(26)23-19)11-10-24-12-14-28-15-13-24/h2-9,16H,10-15H2,1H3/p+2. The van der Waals surface area contributed by atoms with Crippen molar-refractivity contribution >= 4 is 16.8 Å². The van der Waals surface area contributed by atoms with Gasteiger partial charge in [-0.25, -0.2) is 9.55 Å². The number of hydrogen-bond donors (Lipinski definition) is 2. The quantitative estimate of drug-likeness (QED) is 0.514. The van der Waals surface area contributed by atoms with Gasteiger partial charge < -0.3 is 14.4 Å². The van der Waals surface area contributed by atoms with E-state index >= 15 is 0 Å². The lowest BCUT2D eigenvalue weighted by atomic mass is 10.2. The molecule has 0 bridgehead atoms. The van der Waals surface area contributed by atoms with E-state index in [2.05, 4.69) is 56.5 Å². The first-order chi connectivity index (χ1) is 13.8. The number of methoxy groups -OCH3 is 1. The summed E-state index contributed by atoms with van der Waals surface area (Å²) < 4.78 is 15.5. The van der Waals surface area contributed by atoms with Gasteiger partial charge in [0, 0.05) is 5.56 Å². The van der Waals surface area contributed by atoms with E-state index in [1.807, 2.05) is 12.1 Å². The van der Waals surface area contributed by atoms with Crippen molar-refractivity contribution in [1.82, 2.24) is 9.38 Å². The number of aromatic nitrogens is 3. The molecule has 2 aromatic carbocycles. The largest absolute Gasteiger partial charge is 0.497 e. The average molecular weight is 378 g/mol. The molecule has 144 valence electrons. The van der Waals surface area contributed by atoms with Crippen LogP contribution in [0, 0.1) is 0 Å². The third-order valence-corrected chi connectivity index (χ3v) is 5.71. The minimum Gasteiger partial charge on any atom is -0.497 e. The summed E-state index contributed by atoms with van der Waals surface area (Å²) in [6.45, 7) is 6.02. The van der Waals surface area contributed by atoms with Crippen molar-refractivity contribution < 1.29 is 18.9 Å². The van der Waals surface area contributed by atoms with Gasteiger partial charge in [-0.1, -0.05) is 12.1 Å². The molecule has 1 saturated heterocycles. The Morgan fingerprint density at radius 1 is 1.11 bits per heavy atom. The van der Waals surface area contributed by atoms with E-state index in [1.54, 1.807) is 12.0 Å². The summed E-state index contributed by atoms with van der Waals surface area (Å²) in [5.41, 5.74) is 4.75. The number of benzene rings is 2. The maximum absolute atomic E-state index is 5.50. The molecule has 1 aliphatic rings. The first-order valence-electron chi connectivity index (χ1n) is 9.91. The van der Waals surface area contributed by atoms with Gasteiger partial charge in [-0.15, -0.1) is 0 Å². The van der Waals surface area contributed by atoms with Gasteiger partial charge in [-0.05, 0) is 36.4 Å². The Bertz CT molecular complexity index is 1090. The van der Waals surface area contributed by atoms with Crippen LogP contribution >= 0.6 is 0 Å². The van der Waals surface area contributed by atoms with Crippen LogP contribution in [-0.2, 0) is 11.3 Å². The molecule has 0 spiro atoms. The molecule has 0 amide bonds. The summed E-state index contributed by atoms with van der Waals surface area (Å²) >= 11 is 0. The first-order valence-corrected chi connectivity index (χ1v) is 9.91. The zero-order chi connectivity index (χ0) is 18.9. The summed E-state index contributed by atoms with van der Waals surface area (Å²) in [7, 11) is 1.69. The molecule has 1 aliphatic heterocycles. The van der Waals surface area contributed by atoms with E-state index in [0.717, 1.165) is 62.2 Å². The third kappa shape index (κ3) is 3.04. The molecule has 2 aromatic heterocycles. The second-order valence-electron chi connectivity index (χ2n) is 7.34. The third-order valence-electron chi connectivity index (χ3n) is 5.71. The molecule has 0 unspecified atom stereocenters. The Morgan fingerprint density at radius 3 is 2.68 bits per heavy atom. The molecule has 0 saturated carbocycles. The van der Waals surface area contributed by atoms with Gasteiger partial charge in [-0.2, -0.15) is 4.40 Å². The molecule has 2 N–H and O–H groups in total. The number of para-hydroxylation sites is 2. The Kier molecular flexibility index (Phi) is 4.50. The van der Waals surface area contributed by atoms with Crippen LogP contribution in [0.15, 0.2) is 54.7 Å². The van der Waals surface area contributed by atoms with Gasteiger partial charge >= 0.3 is 5.78 Å². The molecular formula is C22H26N4O2+2. The monoisotopic (exact) mass is 378 g/mol. The van der Waals surface area contributed by atoms with Crippen molar-refractivity contribution in [3.63, 3.8) is 0 Å². The van der Waals surface area contributed by atoms with E-state index in [0.29, 0.717) is 0 Å². The lowest BCUT2D eigenvalue weighted by Crippen LogP contribution is -3.14. The molecule has 3 heterocycles. The van der Waals surface area contributed by atoms with Crippen molar-refractivity contribution in [3.05, 3.63) is 54.7 Å². The maximum atomic E-state index is 5.50. The number of aromatic amines is 1. The molecule has 4 aromatic rings. The Labute approximate surface area is 163 Å². The first kappa shape index (κ1) is 17.3. The molecule has 0 radical (unpaired) electrons. The summed E-state index contributed by atoms with van der Waals surface area (Å²) in [4.78, 5) is 5.26. The van der Waals surface area contributed by atoms with E-state index in [9.17, 15) is 0 Å². The number of nitrogens with zero attached hydrogens (tertiary/aromatic N) is 2. The van der Waals surface area contributed by atoms with Crippen LogP contribution in [-0.4, -0.2) is 49.3 Å². The SMILES string of the molecule is COc1ccc(-c2cn3c4ccccc4[n+](CC[NH+]4CCOCC4)c3[nH]2)cc1. The van der Waals surface area contributed by atoms with Crippen LogP contribution in [0.1, 0.15) is 0 Å². The van der Waals surface area contributed by atoms with Gasteiger partial charge in [-0.3, -0.25) is 0 Å². The highest BCUT2D eigenvalue weighted by atomic mass is 16.5. The van der Waals surface area contributed by atoms with Crippen LogP contribution in [0.4, 0.5) is 0 Å². The van der Waals surface area contributed by atoms with Gasteiger partial charge in [0.2, 0.25) is 0 Å². The Hall–Kier alpha value is -2.83. The van der Waals surface area contributed by atoms with Crippen molar-refractivity contribution in [2.24, 2.45) is 0 Å². The summed E-state index contributed by atoms with van der Waals surface area (Å²) in [5, 5.41) is 0. The number of nitrogens with one attached hydrogen (secondary N) is 2. The highest BCUT2D eigenvalue weighted by Gasteiger charge is 2.23. The summed E-state index contributed by atoms with van der Waals surface area (Å²) in [5.74, 6) is 2.00. The smallest absolute Gasteiger partial charge is 0.368 e. The van der Waals surface area contributed by atoms with Crippen LogP contribution in [0.25, 0.3) is 28.1 Å².